The fourth-order valence-electron chi connectivity index (χ4n) is 3.88. The molecule has 0 bridgehead atoms. The zero-order valence-electron chi connectivity index (χ0n) is 21.7. The number of nitrogens with zero attached hydrogens (tertiary/aromatic N) is 2. The molecular weight excluding hydrogens is 542 g/mol. The number of hydrogen-bond acceptors (Lipinski definition) is 8. The summed E-state index contributed by atoms with van der Waals surface area (Å²) in [6.45, 7) is 6.26. The van der Waals surface area contributed by atoms with Crippen LogP contribution in [0.15, 0.2) is 71.6 Å². The second-order valence-electron chi connectivity index (χ2n) is 9.72. The van der Waals surface area contributed by atoms with Gasteiger partial charge in [0, 0.05) is 5.56 Å². The van der Waals surface area contributed by atoms with Gasteiger partial charge in [-0.1, -0.05) is 56.6 Å². The number of anilines is 1. The van der Waals surface area contributed by atoms with Crippen LogP contribution in [0.2, 0.25) is 5.15 Å². The Hall–Kier alpha value is -4.02. The van der Waals surface area contributed by atoms with Crippen LogP contribution in [-0.2, 0) is 15.4 Å². The van der Waals surface area contributed by atoms with Gasteiger partial charge in [0.25, 0.3) is 10.0 Å². The van der Waals surface area contributed by atoms with E-state index in [2.05, 4.69) is 35.5 Å². The Kier molecular flexibility index (Phi) is 7.00. The number of methoxy groups -OCH3 is 1. The molecule has 5 rings (SSSR count). The summed E-state index contributed by atoms with van der Waals surface area (Å²) in [5.41, 5.74) is 1.40. The van der Waals surface area contributed by atoms with Gasteiger partial charge in [-0.05, 0) is 53.4 Å². The van der Waals surface area contributed by atoms with Crippen molar-refractivity contribution in [3.8, 4) is 40.1 Å². The summed E-state index contributed by atoms with van der Waals surface area (Å²) in [6, 6.07) is 18.7. The highest BCUT2D eigenvalue weighted by Gasteiger charge is 2.25. The molecule has 2 heterocycles. The zero-order valence-corrected chi connectivity index (χ0v) is 23.3. The Balaban J connectivity index is 1.58. The summed E-state index contributed by atoms with van der Waals surface area (Å²) in [6.07, 6.45) is 0. The van der Waals surface area contributed by atoms with Crippen LogP contribution >= 0.6 is 11.6 Å². The normalized spacial score (nSPS) is 12.7. The minimum absolute atomic E-state index is 0.0538. The Bertz CT molecular complexity index is 1640. The minimum atomic E-state index is -4.09. The Morgan fingerprint density at radius 1 is 0.923 bits per heavy atom. The molecule has 0 spiro atoms. The van der Waals surface area contributed by atoms with Crippen molar-refractivity contribution in [2.45, 2.75) is 31.1 Å². The maximum absolute atomic E-state index is 13.5. The van der Waals surface area contributed by atoms with Crippen molar-refractivity contribution in [1.29, 1.82) is 0 Å². The van der Waals surface area contributed by atoms with Crippen molar-refractivity contribution in [3.63, 3.8) is 0 Å². The van der Waals surface area contributed by atoms with Gasteiger partial charge in [0.05, 0.1) is 12.0 Å². The van der Waals surface area contributed by atoms with Crippen molar-refractivity contribution >= 4 is 27.4 Å². The SMILES string of the molecule is COc1ccccc1Oc1c(Cl)nc(-c2ccc3c(c2)OCO3)nc1NS(=O)(=O)c1ccc(C(C)(C)C)cc1. The quantitative estimate of drug-likeness (QED) is 0.255. The molecule has 39 heavy (non-hydrogen) atoms. The van der Waals surface area contributed by atoms with Gasteiger partial charge < -0.3 is 18.9 Å². The smallest absolute Gasteiger partial charge is 0.263 e. The van der Waals surface area contributed by atoms with Crippen LogP contribution in [0.1, 0.15) is 26.3 Å². The van der Waals surface area contributed by atoms with E-state index in [0.29, 0.717) is 28.6 Å². The molecule has 1 aliphatic rings. The summed E-state index contributed by atoms with van der Waals surface area (Å²) in [7, 11) is -2.59. The molecule has 3 aromatic carbocycles. The number of nitrogens with one attached hydrogen (secondary N) is 1. The molecule has 0 atom stereocenters. The Labute approximate surface area is 231 Å². The van der Waals surface area contributed by atoms with E-state index in [1.165, 1.54) is 7.11 Å². The van der Waals surface area contributed by atoms with Crippen LogP contribution < -0.4 is 23.7 Å². The summed E-state index contributed by atoms with van der Waals surface area (Å²) in [4.78, 5) is 8.93. The molecule has 11 heteroatoms. The topological polar surface area (TPSA) is 109 Å². The summed E-state index contributed by atoms with van der Waals surface area (Å²) in [5.74, 6) is 1.75. The maximum atomic E-state index is 13.5. The van der Waals surface area contributed by atoms with Gasteiger partial charge in [-0.3, -0.25) is 4.72 Å². The van der Waals surface area contributed by atoms with Gasteiger partial charge in [-0.15, -0.1) is 0 Å². The summed E-state index contributed by atoms with van der Waals surface area (Å²) >= 11 is 6.59. The molecule has 1 aliphatic heterocycles. The van der Waals surface area contributed by atoms with E-state index in [4.69, 9.17) is 30.5 Å². The van der Waals surface area contributed by atoms with Crippen molar-refractivity contribution in [2.75, 3.05) is 18.6 Å². The van der Waals surface area contributed by atoms with E-state index >= 15 is 0 Å². The largest absolute Gasteiger partial charge is 0.493 e. The van der Waals surface area contributed by atoms with E-state index in [1.807, 2.05) is 0 Å². The van der Waals surface area contributed by atoms with E-state index in [-0.39, 0.29) is 39.6 Å². The van der Waals surface area contributed by atoms with Gasteiger partial charge in [0.1, 0.15) is 0 Å². The standard InChI is InChI=1S/C28H26ClN3O6S/c1-28(2,3)18-10-12-19(13-11-18)39(33,34)32-27-24(38-22-8-6-5-7-20(22)35-4)25(29)30-26(31-27)17-9-14-21-23(15-17)37-16-36-21/h5-15H,16H2,1-4H3,(H,30,31,32). The lowest BCUT2D eigenvalue weighted by molar-refractivity contribution is 0.174. The first-order valence-electron chi connectivity index (χ1n) is 12.0. The predicted molar refractivity (Wildman–Crippen MR) is 148 cm³/mol. The maximum Gasteiger partial charge on any atom is 0.263 e. The van der Waals surface area contributed by atoms with Gasteiger partial charge in [0.2, 0.25) is 12.5 Å². The first-order chi connectivity index (χ1) is 18.5. The van der Waals surface area contributed by atoms with Crippen molar-refractivity contribution in [3.05, 3.63) is 77.4 Å². The summed E-state index contributed by atoms with van der Waals surface area (Å²) in [5, 5.41) is -0.107. The number of benzene rings is 3. The van der Waals surface area contributed by atoms with Crippen molar-refractivity contribution in [1.82, 2.24) is 9.97 Å². The van der Waals surface area contributed by atoms with E-state index in [0.717, 1.165) is 5.56 Å². The molecule has 1 aromatic heterocycles. The van der Waals surface area contributed by atoms with Crippen LogP contribution in [0.4, 0.5) is 5.82 Å². The lowest BCUT2D eigenvalue weighted by Gasteiger charge is -2.19. The second kappa shape index (κ2) is 10.3. The van der Waals surface area contributed by atoms with E-state index in [9.17, 15) is 8.42 Å². The zero-order chi connectivity index (χ0) is 27.8. The molecule has 9 nitrogen and oxygen atoms in total. The number of halogens is 1. The van der Waals surface area contributed by atoms with Crippen molar-refractivity contribution in [2.24, 2.45) is 0 Å². The molecule has 0 radical (unpaired) electrons. The Morgan fingerprint density at radius 2 is 1.62 bits per heavy atom. The van der Waals surface area contributed by atoms with Crippen LogP contribution in [0, 0.1) is 0 Å². The lowest BCUT2D eigenvalue weighted by atomic mass is 9.87. The van der Waals surface area contributed by atoms with Crippen LogP contribution in [-0.4, -0.2) is 32.3 Å². The molecule has 0 aliphatic carbocycles. The monoisotopic (exact) mass is 567 g/mol. The highest BCUT2D eigenvalue weighted by Crippen LogP contribution is 2.41. The number of sulfonamides is 1. The summed E-state index contributed by atoms with van der Waals surface area (Å²) < 4.78 is 51.7. The third-order valence-electron chi connectivity index (χ3n) is 6.00. The third-order valence-corrected chi connectivity index (χ3v) is 7.61. The fourth-order valence-corrected chi connectivity index (χ4v) is 5.09. The van der Waals surface area contributed by atoms with Crippen LogP contribution in [0.5, 0.6) is 28.7 Å². The van der Waals surface area contributed by atoms with Gasteiger partial charge in [-0.2, -0.15) is 0 Å². The molecular formula is C28H26ClN3O6S. The van der Waals surface area contributed by atoms with Crippen molar-refractivity contribution < 1.29 is 27.4 Å². The first kappa shape index (κ1) is 26.6. The highest BCUT2D eigenvalue weighted by atomic mass is 35.5. The number of fused-ring (bicyclic) bond motifs is 1. The minimum Gasteiger partial charge on any atom is -0.493 e. The fraction of sp³-hybridized carbons (Fsp3) is 0.214. The predicted octanol–water partition coefficient (Wildman–Crippen LogP) is 6.42. The number of hydrogen-bond donors (Lipinski definition) is 1. The van der Waals surface area contributed by atoms with E-state index in [1.54, 1.807) is 66.7 Å². The van der Waals surface area contributed by atoms with Gasteiger partial charge in [0.15, 0.2) is 39.8 Å². The molecule has 0 saturated carbocycles. The molecule has 0 amide bonds. The second-order valence-corrected chi connectivity index (χ2v) is 11.8. The molecule has 4 aromatic rings. The molecule has 0 saturated heterocycles. The molecule has 1 N–H and O–H groups in total. The van der Waals surface area contributed by atoms with Gasteiger partial charge in [-0.25, -0.2) is 18.4 Å². The van der Waals surface area contributed by atoms with Crippen LogP contribution in [0.25, 0.3) is 11.4 Å². The number of rotatable bonds is 7. The Morgan fingerprint density at radius 3 is 2.31 bits per heavy atom. The average Bonchev–Trinajstić information content (AvgIpc) is 3.38. The number of ether oxygens (including phenoxy) is 4. The molecule has 202 valence electrons. The first-order valence-corrected chi connectivity index (χ1v) is 13.8. The van der Waals surface area contributed by atoms with E-state index < -0.39 is 10.0 Å². The lowest BCUT2D eigenvalue weighted by Crippen LogP contribution is -2.16. The highest BCUT2D eigenvalue weighted by molar-refractivity contribution is 7.92. The number of para-hydroxylation sites is 2. The molecule has 0 fully saturated rings. The number of aromatic nitrogens is 2. The average molecular weight is 568 g/mol. The molecule has 0 unspecified atom stereocenters. The third kappa shape index (κ3) is 5.57. The van der Waals surface area contributed by atoms with Crippen LogP contribution in [0.3, 0.4) is 0 Å². The van der Waals surface area contributed by atoms with Gasteiger partial charge >= 0.3 is 0 Å².